The van der Waals surface area contributed by atoms with Gasteiger partial charge in [-0.15, -0.1) is 0 Å². The molecular weight excluding hydrogens is 234 g/mol. The molecule has 0 radical (unpaired) electrons. The van der Waals surface area contributed by atoms with Crippen LogP contribution in [0.15, 0.2) is 0 Å². The summed E-state index contributed by atoms with van der Waals surface area (Å²) in [5.41, 5.74) is 0.223. The van der Waals surface area contributed by atoms with Gasteiger partial charge in [0.25, 0.3) is 0 Å². The summed E-state index contributed by atoms with van der Waals surface area (Å²) in [4.78, 5) is 0. The Bertz CT molecular complexity index is 288. The molecule has 0 aromatic carbocycles. The van der Waals surface area contributed by atoms with Gasteiger partial charge in [0.05, 0.1) is 5.60 Å². The Kier molecular flexibility index (Phi) is 4.19. The lowest BCUT2D eigenvalue weighted by Gasteiger charge is -2.53. The van der Waals surface area contributed by atoms with Gasteiger partial charge in [0.2, 0.25) is 0 Å². The minimum absolute atomic E-state index is 0.401. The minimum atomic E-state index is -0.401. The molecular formula is C17H31NO. The van der Waals surface area contributed by atoms with E-state index in [0.717, 1.165) is 19.4 Å². The normalized spacial score (nSPS) is 33.6. The first-order valence-corrected chi connectivity index (χ1v) is 8.68. The number of nitrogens with one attached hydrogen (secondary N) is 1. The van der Waals surface area contributed by atoms with Gasteiger partial charge >= 0.3 is 0 Å². The van der Waals surface area contributed by atoms with Crippen LogP contribution in [-0.4, -0.2) is 23.3 Å². The van der Waals surface area contributed by atoms with E-state index in [0.29, 0.717) is 11.5 Å². The molecule has 0 aromatic heterocycles. The molecule has 3 aliphatic carbocycles. The molecule has 110 valence electrons. The molecule has 0 saturated heterocycles. The smallest absolute Gasteiger partial charge is 0.0771 e. The van der Waals surface area contributed by atoms with E-state index < -0.39 is 5.60 Å². The number of hydrogen-bond donors (Lipinski definition) is 2. The molecule has 19 heavy (non-hydrogen) atoms. The van der Waals surface area contributed by atoms with E-state index >= 15 is 0 Å². The lowest BCUT2D eigenvalue weighted by atomic mass is 9.57. The highest BCUT2D eigenvalue weighted by Gasteiger charge is 2.47. The molecule has 0 aliphatic heterocycles. The molecule has 0 aromatic rings. The molecule has 1 atom stereocenters. The van der Waals surface area contributed by atoms with Crippen molar-refractivity contribution in [3.05, 3.63) is 0 Å². The summed E-state index contributed by atoms with van der Waals surface area (Å²) < 4.78 is 0. The number of hydrogen-bond acceptors (Lipinski definition) is 2. The molecule has 0 amide bonds. The third kappa shape index (κ3) is 3.00. The SMILES string of the molecule is OC1(CNC2CCC23CCCCC3)CCCCCC1. The molecule has 3 fully saturated rings. The molecule has 2 heteroatoms. The van der Waals surface area contributed by atoms with Gasteiger partial charge < -0.3 is 10.4 Å². The highest BCUT2D eigenvalue weighted by atomic mass is 16.3. The Morgan fingerprint density at radius 3 is 1.95 bits per heavy atom. The zero-order chi connectivity index (χ0) is 13.2. The Morgan fingerprint density at radius 1 is 0.789 bits per heavy atom. The first-order chi connectivity index (χ1) is 9.23. The summed E-state index contributed by atoms with van der Waals surface area (Å²) in [7, 11) is 0. The van der Waals surface area contributed by atoms with Gasteiger partial charge in [-0.05, 0) is 43.9 Å². The summed E-state index contributed by atoms with van der Waals surface area (Å²) in [6.45, 7) is 0.847. The van der Waals surface area contributed by atoms with Crippen LogP contribution >= 0.6 is 0 Å². The maximum atomic E-state index is 10.7. The molecule has 0 bridgehead atoms. The van der Waals surface area contributed by atoms with Gasteiger partial charge in [-0.1, -0.05) is 44.9 Å². The third-order valence-electron chi connectivity index (χ3n) is 6.23. The minimum Gasteiger partial charge on any atom is -0.389 e. The van der Waals surface area contributed by atoms with Crippen molar-refractivity contribution in [1.29, 1.82) is 0 Å². The number of rotatable bonds is 3. The van der Waals surface area contributed by atoms with Crippen molar-refractivity contribution in [2.45, 2.75) is 95.1 Å². The zero-order valence-electron chi connectivity index (χ0n) is 12.4. The van der Waals surface area contributed by atoms with Crippen LogP contribution in [0.3, 0.4) is 0 Å². The Labute approximate surface area is 118 Å². The van der Waals surface area contributed by atoms with Crippen molar-refractivity contribution in [3.8, 4) is 0 Å². The average Bonchev–Trinajstić information content (AvgIpc) is 2.64. The Balaban J connectivity index is 1.51. The fourth-order valence-corrected chi connectivity index (χ4v) is 4.75. The average molecular weight is 265 g/mol. The molecule has 2 N–H and O–H groups in total. The molecule has 1 unspecified atom stereocenters. The predicted molar refractivity (Wildman–Crippen MR) is 79.2 cm³/mol. The molecule has 3 aliphatic rings. The summed E-state index contributed by atoms with van der Waals surface area (Å²) >= 11 is 0. The van der Waals surface area contributed by atoms with Crippen LogP contribution in [0.2, 0.25) is 0 Å². The molecule has 2 nitrogen and oxygen atoms in total. The Morgan fingerprint density at radius 2 is 1.37 bits per heavy atom. The van der Waals surface area contributed by atoms with E-state index in [9.17, 15) is 5.11 Å². The van der Waals surface area contributed by atoms with Gasteiger partial charge in [0, 0.05) is 12.6 Å². The lowest BCUT2D eigenvalue weighted by Crippen LogP contribution is -2.57. The molecule has 0 heterocycles. The van der Waals surface area contributed by atoms with Gasteiger partial charge in [0.1, 0.15) is 0 Å². The van der Waals surface area contributed by atoms with E-state index in [-0.39, 0.29) is 0 Å². The van der Waals surface area contributed by atoms with E-state index in [1.54, 1.807) is 0 Å². The van der Waals surface area contributed by atoms with E-state index in [4.69, 9.17) is 0 Å². The van der Waals surface area contributed by atoms with E-state index in [1.165, 1.54) is 70.6 Å². The maximum Gasteiger partial charge on any atom is 0.0771 e. The van der Waals surface area contributed by atoms with Crippen LogP contribution in [0.1, 0.15) is 83.5 Å². The topological polar surface area (TPSA) is 32.3 Å². The lowest BCUT2D eigenvalue weighted by molar-refractivity contribution is -0.0152. The summed E-state index contributed by atoms with van der Waals surface area (Å²) in [6, 6.07) is 0.708. The van der Waals surface area contributed by atoms with Crippen molar-refractivity contribution in [2.75, 3.05) is 6.54 Å². The largest absolute Gasteiger partial charge is 0.389 e. The van der Waals surface area contributed by atoms with Crippen LogP contribution in [0.5, 0.6) is 0 Å². The van der Waals surface area contributed by atoms with Crippen LogP contribution in [0.25, 0.3) is 0 Å². The van der Waals surface area contributed by atoms with Crippen LogP contribution < -0.4 is 5.32 Å². The summed E-state index contributed by atoms with van der Waals surface area (Å²) in [5.74, 6) is 0. The first kappa shape index (κ1) is 13.9. The van der Waals surface area contributed by atoms with Crippen LogP contribution in [-0.2, 0) is 0 Å². The molecule has 3 rings (SSSR count). The predicted octanol–water partition coefficient (Wildman–Crippen LogP) is 3.77. The second-order valence-electron chi connectivity index (χ2n) is 7.53. The zero-order valence-corrected chi connectivity index (χ0v) is 12.4. The van der Waals surface area contributed by atoms with E-state index in [2.05, 4.69) is 5.32 Å². The number of aliphatic hydroxyl groups is 1. The second kappa shape index (κ2) is 5.73. The quantitative estimate of drug-likeness (QED) is 0.761. The van der Waals surface area contributed by atoms with Gasteiger partial charge in [-0.25, -0.2) is 0 Å². The van der Waals surface area contributed by atoms with Gasteiger partial charge in [0.15, 0.2) is 0 Å². The van der Waals surface area contributed by atoms with Gasteiger partial charge in [-0.2, -0.15) is 0 Å². The molecule has 3 saturated carbocycles. The van der Waals surface area contributed by atoms with Crippen molar-refractivity contribution in [3.63, 3.8) is 0 Å². The van der Waals surface area contributed by atoms with Crippen molar-refractivity contribution >= 4 is 0 Å². The van der Waals surface area contributed by atoms with Crippen molar-refractivity contribution in [1.82, 2.24) is 5.32 Å². The van der Waals surface area contributed by atoms with Crippen molar-refractivity contribution < 1.29 is 5.11 Å². The summed E-state index contributed by atoms with van der Waals surface area (Å²) in [6.07, 6.45) is 17.0. The summed E-state index contributed by atoms with van der Waals surface area (Å²) in [5, 5.41) is 14.5. The maximum absolute atomic E-state index is 10.7. The second-order valence-corrected chi connectivity index (χ2v) is 7.53. The standard InChI is InChI=1S/C17H31NO/c19-17(11-6-1-2-7-12-17)14-18-15-8-13-16(15)9-4-3-5-10-16/h15,18-19H,1-14H2. The van der Waals surface area contributed by atoms with E-state index in [1.807, 2.05) is 0 Å². The highest BCUT2D eigenvalue weighted by Crippen LogP contribution is 2.51. The fourth-order valence-electron chi connectivity index (χ4n) is 4.75. The highest BCUT2D eigenvalue weighted by molar-refractivity contribution is 5.02. The first-order valence-electron chi connectivity index (χ1n) is 8.68. The fraction of sp³-hybridized carbons (Fsp3) is 1.00. The monoisotopic (exact) mass is 265 g/mol. The van der Waals surface area contributed by atoms with Crippen molar-refractivity contribution in [2.24, 2.45) is 5.41 Å². The van der Waals surface area contributed by atoms with Crippen LogP contribution in [0, 0.1) is 5.41 Å². The Hall–Kier alpha value is -0.0800. The van der Waals surface area contributed by atoms with Gasteiger partial charge in [-0.3, -0.25) is 0 Å². The molecule has 1 spiro atoms. The third-order valence-corrected chi connectivity index (χ3v) is 6.23. The van der Waals surface area contributed by atoms with Crippen LogP contribution in [0.4, 0.5) is 0 Å².